The van der Waals surface area contributed by atoms with Crippen LogP contribution in [0.25, 0.3) is 11.0 Å². The summed E-state index contributed by atoms with van der Waals surface area (Å²) in [6.45, 7) is 6.21. The number of ether oxygens (including phenoxy) is 1. The predicted molar refractivity (Wildman–Crippen MR) is 84.6 cm³/mol. The number of fused-ring (bicyclic) bond motifs is 1. The molecule has 0 bridgehead atoms. The fraction of sp³-hybridized carbons (Fsp3) is 0.562. The summed E-state index contributed by atoms with van der Waals surface area (Å²) in [5.74, 6) is 1.22. The Balaban J connectivity index is 2.21. The average molecular weight is 313 g/mol. The Morgan fingerprint density at radius 3 is 2.86 bits per heavy atom. The molecule has 2 aromatic rings. The molecule has 1 aromatic heterocycles. The highest BCUT2D eigenvalue weighted by molar-refractivity contribution is 6.17. The summed E-state index contributed by atoms with van der Waals surface area (Å²) in [7, 11) is 0. The average Bonchev–Trinajstić information content (AvgIpc) is 2.77. The van der Waals surface area contributed by atoms with Crippen LogP contribution < -0.4 is 0 Å². The van der Waals surface area contributed by atoms with Gasteiger partial charge in [-0.2, -0.15) is 0 Å². The van der Waals surface area contributed by atoms with Gasteiger partial charge in [-0.1, -0.05) is 6.92 Å². The van der Waals surface area contributed by atoms with E-state index in [0.29, 0.717) is 23.4 Å². The molecule has 0 aliphatic rings. The molecule has 0 unspecified atom stereocenters. The molecule has 0 radical (unpaired) electrons. The number of rotatable bonds is 8. The van der Waals surface area contributed by atoms with Crippen LogP contribution in [0, 0.1) is 12.7 Å². The number of hydrogen-bond acceptors (Lipinski definition) is 2. The van der Waals surface area contributed by atoms with Crippen LogP contribution in [-0.2, 0) is 17.7 Å². The number of nitrogens with zero attached hydrogens (tertiary/aromatic N) is 2. The molecule has 0 aliphatic carbocycles. The maximum Gasteiger partial charge on any atom is 0.128 e. The number of hydrogen-bond donors (Lipinski definition) is 0. The molecule has 1 heterocycles. The van der Waals surface area contributed by atoms with Crippen molar-refractivity contribution >= 4 is 22.6 Å². The second-order valence-corrected chi connectivity index (χ2v) is 5.55. The maximum atomic E-state index is 13.7. The Morgan fingerprint density at radius 2 is 2.14 bits per heavy atom. The summed E-state index contributed by atoms with van der Waals surface area (Å²) in [6.07, 6.45) is 2.63. The van der Waals surface area contributed by atoms with Gasteiger partial charge in [0, 0.05) is 38.1 Å². The smallest absolute Gasteiger partial charge is 0.128 e. The number of imidazole rings is 1. The van der Waals surface area contributed by atoms with E-state index in [9.17, 15) is 4.39 Å². The van der Waals surface area contributed by atoms with E-state index in [2.05, 4.69) is 16.5 Å². The van der Waals surface area contributed by atoms with Gasteiger partial charge in [0.15, 0.2) is 0 Å². The van der Waals surface area contributed by atoms with Crippen molar-refractivity contribution in [2.45, 2.75) is 39.7 Å². The van der Waals surface area contributed by atoms with Crippen molar-refractivity contribution in [1.29, 1.82) is 0 Å². The molecule has 3 nitrogen and oxygen atoms in total. The monoisotopic (exact) mass is 312 g/mol. The van der Waals surface area contributed by atoms with Gasteiger partial charge in [-0.3, -0.25) is 0 Å². The van der Waals surface area contributed by atoms with Crippen LogP contribution in [0.2, 0.25) is 0 Å². The highest BCUT2D eigenvalue weighted by Gasteiger charge is 2.12. The summed E-state index contributed by atoms with van der Waals surface area (Å²) < 4.78 is 21.3. The molecule has 5 heteroatoms. The molecule has 116 valence electrons. The van der Waals surface area contributed by atoms with Crippen LogP contribution in [-0.4, -0.2) is 28.6 Å². The highest BCUT2D eigenvalue weighted by Crippen LogP contribution is 2.21. The normalized spacial score (nSPS) is 11.4. The van der Waals surface area contributed by atoms with E-state index in [-0.39, 0.29) is 5.82 Å². The van der Waals surface area contributed by atoms with E-state index >= 15 is 0 Å². The van der Waals surface area contributed by atoms with Gasteiger partial charge in [-0.15, -0.1) is 11.6 Å². The van der Waals surface area contributed by atoms with E-state index in [1.54, 1.807) is 6.92 Å². The third kappa shape index (κ3) is 3.95. The lowest BCUT2D eigenvalue weighted by atomic mass is 10.2. The second kappa shape index (κ2) is 7.76. The molecule has 0 N–H and O–H groups in total. The van der Waals surface area contributed by atoms with Crippen LogP contribution in [0.1, 0.15) is 31.2 Å². The van der Waals surface area contributed by atoms with Gasteiger partial charge in [0.1, 0.15) is 11.6 Å². The minimum absolute atomic E-state index is 0.212. The first-order chi connectivity index (χ1) is 10.2. The lowest BCUT2D eigenvalue weighted by molar-refractivity contribution is 0.129. The molecule has 0 fully saturated rings. The van der Waals surface area contributed by atoms with Crippen molar-refractivity contribution in [3.63, 3.8) is 0 Å². The SMILES string of the molecule is CCCOCCCn1c(CCCl)nc2cc(F)c(C)cc21. The summed E-state index contributed by atoms with van der Waals surface area (Å²) in [5, 5.41) is 0. The van der Waals surface area contributed by atoms with E-state index in [4.69, 9.17) is 16.3 Å². The van der Waals surface area contributed by atoms with E-state index in [1.807, 2.05) is 6.07 Å². The van der Waals surface area contributed by atoms with Gasteiger partial charge in [-0.25, -0.2) is 9.37 Å². The van der Waals surface area contributed by atoms with Gasteiger partial charge < -0.3 is 9.30 Å². The van der Waals surface area contributed by atoms with Crippen molar-refractivity contribution in [2.75, 3.05) is 19.1 Å². The van der Waals surface area contributed by atoms with E-state index < -0.39 is 0 Å². The molecule has 1 aromatic carbocycles. The van der Waals surface area contributed by atoms with Crippen molar-refractivity contribution < 1.29 is 9.13 Å². The zero-order valence-electron chi connectivity index (χ0n) is 12.7. The van der Waals surface area contributed by atoms with E-state index in [0.717, 1.165) is 43.9 Å². The molecule has 0 aliphatic heterocycles. The first-order valence-corrected chi connectivity index (χ1v) is 7.99. The quantitative estimate of drug-likeness (QED) is 0.542. The summed E-state index contributed by atoms with van der Waals surface area (Å²) in [6, 6.07) is 3.37. The van der Waals surface area contributed by atoms with Crippen molar-refractivity contribution in [3.05, 3.63) is 29.3 Å². The van der Waals surface area contributed by atoms with Crippen LogP contribution in [0.15, 0.2) is 12.1 Å². The number of aryl methyl sites for hydroxylation is 3. The fourth-order valence-corrected chi connectivity index (χ4v) is 2.56. The number of benzene rings is 1. The first-order valence-electron chi connectivity index (χ1n) is 7.46. The van der Waals surface area contributed by atoms with Crippen LogP contribution in [0.5, 0.6) is 0 Å². The third-order valence-corrected chi connectivity index (χ3v) is 3.63. The Labute approximate surface area is 130 Å². The van der Waals surface area contributed by atoms with Crippen LogP contribution in [0.3, 0.4) is 0 Å². The minimum Gasteiger partial charge on any atom is -0.381 e. The molecule has 0 amide bonds. The Bertz CT molecular complexity index is 597. The van der Waals surface area contributed by atoms with Gasteiger partial charge in [0.2, 0.25) is 0 Å². The lowest BCUT2D eigenvalue weighted by Gasteiger charge is -2.09. The Kier molecular flexibility index (Phi) is 6.00. The molecule has 21 heavy (non-hydrogen) atoms. The zero-order chi connectivity index (χ0) is 15.2. The van der Waals surface area contributed by atoms with Crippen molar-refractivity contribution in [2.24, 2.45) is 0 Å². The second-order valence-electron chi connectivity index (χ2n) is 5.17. The molecular weight excluding hydrogens is 291 g/mol. The number of alkyl halides is 1. The molecule has 0 saturated carbocycles. The topological polar surface area (TPSA) is 27.1 Å². The van der Waals surface area contributed by atoms with Crippen molar-refractivity contribution in [3.8, 4) is 0 Å². The van der Waals surface area contributed by atoms with Crippen molar-refractivity contribution in [1.82, 2.24) is 9.55 Å². The molecule has 0 saturated heterocycles. The predicted octanol–water partition coefficient (Wildman–Crippen LogP) is 4.08. The number of halogens is 2. The summed E-state index contributed by atoms with van der Waals surface area (Å²) >= 11 is 5.85. The summed E-state index contributed by atoms with van der Waals surface area (Å²) in [4.78, 5) is 4.52. The lowest BCUT2D eigenvalue weighted by Crippen LogP contribution is -2.07. The first kappa shape index (κ1) is 16.2. The largest absolute Gasteiger partial charge is 0.381 e. The maximum absolute atomic E-state index is 13.7. The summed E-state index contributed by atoms with van der Waals surface area (Å²) in [5.41, 5.74) is 2.32. The van der Waals surface area contributed by atoms with Gasteiger partial charge in [0.05, 0.1) is 11.0 Å². The molecule has 0 spiro atoms. The minimum atomic E-state index is -0.212. The van der Waals surface area contributed by atoms with Crippen LogP contribution in [0.4, 0.5) is 4.39 Å². The zero-order valence-corrected chi connectivity index (χ0v) is 13.4. The van der Waals surface area contributed by atoms with Gasteiger partial charge in [0.25, 0.3) is 0 Å². The Hall–Kier alpha value is -1.13. The molecule has 2 rings (SSSR count). The molecular formula is C16H22ClFN2O. The number of aromatic nitrogens is 2. The highest BCUT2D eigenvalue weighted by atomic mass is 35.5. The van der Waals surface area contributed by atoms with Gasteiger partial charge >= 0.3 is 0 Å². The standard InChI is InChI=1S/C16H22ClFN2O/c1-3-8-21-9-4-7-20-15-10-12(2)13(18)11-14(15)19-16(20)5-6-17/h10-11H,3-9H2,1-2H3. The third-order valence-electron chi connectivity index (χ3n) is 3.44. The van der Waals surface area contributed by atoms with Crippen LogP contribution >= 0.6 is 11.6 Å². The van der Waals surface area contributed by atoms with Gasteiger partial charge in [-0.05, 0) is 31.4 Å². The van der Waals surface area contributed by atoms with E-state index in [1.165, 1.54) is 6.07 Å². The molecule has 0 atom stereocenters. The fourth-order valence-electron chi connectivity index (χ4n) is 2.40. The Morgan fingerprint density at radius 1 is 1.33 bits per heavy atom.